The molecule has 0 atom stereocenters. The van der Waals surface area contributed by atoms with Gasteiger partial charge in [0, 0.05) is 61.1 Å². The molecule has 0 bridgehead atoms. The minimum absolute atomic E-state index is 0.111. The number of aromatic nitrogens is 2. The summed E-state index contributed by atoms with van der Waals surface area (Å²) in [6.07, 6.45) is 10.2. The van der Waals surface area contributed by atoms with Crippen molar-refractivity contribution >= 4 is 34.4 Å². The smallest absolute Gasteiger partial charge is 0.274 e. The van der Waals surface area contributed by atoms with Crippen molar-refractivity contribution in [1.82, 2.24) is 14.5 Å². The molecule has 1 amide bonds. The molecule has 1 saturated heterocycles. The number of nitrogens with one attached hydrogen (secondary N) is 1. The maximum absolute atomic E-state index is 13.9. The summed E-state index contributed by atoms with van der Waals surface area (Å²) in [4.78, 5) is 38.3. The topological polar surface area (TPSA) is 70.5 Å². The molecule has 7 nitrogen and oxygen atoms in total. The van der Waals surface area contributed by atoms with E-state index in [-0.39, 0.29) is 11.5 Å². The number of carbonyl (C=O) groups excluding carboxylic acids is 1. The monoisotopic (exact) mass is 579 g/mol. The first-order valence-electron chi connectivity index (χ1n) is 15.1. The molecule has 3 aliphatic rings. The Labute approximate surface area is 250 Å². The highest BCUT2D eigenvalue weighted by atomic mass is 32.1. The van der Waals surface area contributed by atoms with E-state index < -0.39 is 0 Å². The lowest BCUT2D eigenvalue weighted by Crippen LogP contribution is -2.41. The summed E-state index contributed by atoms with van der Waals surface area (Å²) in [5, 5.41) is 3.27. The highest BCUT2D eigenvalue weighted by molar-refractivity contribution is 7.14. The number of pyridine rings is 2. The van der Waals surface area contributed by atoms with E-state index in [1.54, 1.807) is 23.0 Å². The van der Waals surface area contributed by atoms with Gasteiger partial charge in [-0.3, -0.25) is 9.59 Å². The number of hydrogen-bond donors (Lipinski definition) is 1. The largest absolute Gasteiger partial charge is 0.336 e. The van der Waals surface area contributed by atoms with E-state index in [1.807, 2.05) is 35.5 Å². The highest BCUT2D eigenvalue weighted by Gasteiger charge is 2.33. The number of carbonyl (C=O) groups is 1. The van der Waals surface area contributed by atoms with Crippen LogP contribution in [-0.4, -0.2) is 47.0 Å². The van der Waals surface area contributed by atoms with Crippen LogP contribution in [0, 0.1) is 0 Å². The van der Waals surface area contributed by atoms with Crippen LogP contribution in [-0.2, 0) is 32.7 Å². The number of hydrogen-bond acceptors (Lipinski definition) is 6. The predicted molar refractivity (Wildman–Crippen MR) is 171 cm³/mol. The zero-order chi connectivity index (χ0) is 29.0. The lowest BCUT2D eigenvalue weighted by atomic mass is 9.91. The Balaban J connectivity index is 1.20. The van der Waals surface area contributed by atoms with E-state index in [0.29, 0.717) is 24.0 Å². The maximum atomic E-state index is 13.9. The standard InChI is InChI=1S/C34H37N5O2S/c1-4-24-25(9-7-10-29(24)39-15-14-27-26-8-5-6-11-30(26)42-32(27)34(39)41)22-16-28(33(40)38(3)20-22)36-31-13-12-21(17-35-31)23-18-37(2)19-23/h7,9-10,12-13,16-17,20,23H,4-6,8,11,14-15,18-19H2,1-3H3,(H,35,36). The van der Waals surface area contributed by atoms with Gasteiger partial charge in [-0.2, -0.15) is 0 Å². The van der Waals surface area contributed by atoms with Crippen LogP contribution in [0.2, 0.25) is 0 Å². The molecule has 0 spiro atoms. The Morgan fingerprint density at radius 3 is 2.62 bits per heavy atom. The van der Waals surface area contributed by atoms with Gasteiger partial charge in [0.25, 0.3) is 11.5 Å². The number of benzene rings is 1. The normalized spacial score (nSPS) is 17.1. The first-order chi connectivity index (χ1) is 20.4. The Kier molecular flexibility index (Phi) is 6.98. The highest BCUT2D eigenvalue weighted by Crippen LogP contribution is 2.40. The molecule has 1 aliphatic carbocycles. The van der Waals surface area contributed by atoms with Crippen molar-refractivity contribution in [3.8, 4) is 11.1 Å². The second kappa shape index (κ2) is 10.8. The van der Waals surface area contributed by atoms with Gasteiger partial charge in [-0.05, 0) is 91.6 Å². The van der Waals surface area contributed by atoms with Crippen LogP contribution in [0.25, 0.3) is 11.1 Å². The van der Waals surface area contributed by atoms with Crippen LogP contribution in [0.5, 0.6) is 0 Å². The van der Waals surface area contributed by atoms with Gasteiger partial charge in [-0.25, -0.2) is 4.98 Å². The van der Waals surface area contributed by atoms with E-state index in [1.165, 1.54) is 34.4 Å². The van der Waals surface area contributed by atoms with Gasteiger partial charge in [0.1, 0.15) is 11.5 Å². The summed E-state index contributed by atoms with van der Waals surface area (Å²) < 4.78 is 1.62. The van der Waals surface area contributed by atoms with Crippen LogP contribution in [0.1, 0.15) is 62.5 Å². The van der Waals surface area contributed by atoms with E-state index in [9.17, 15) is 9.59 Å². The third-order valence-electron chi connectivity index (χ3n) is 9.18. The van der Waals surface area contributed by atoms with Crippen molar-refractivity contribution in [3.05, 3.63) is 91.2 Å². The molecule has 1 fully saturated rings. The number of fused-ring (bicyclic) bond motifs is 3. The van der Waals surface area contributed by atoms with Crippen LogP contribution in [0.4, 0.5) is 17.2 Å². The summed E-state index contributed by atoms with van der Waals surface area (Å²) in [5.74, 6) is 1.31. The third kappa shape index (κ3) is 4.67. The Bertz CT molecular complexity index is 1730. The fraction of sp³-hybridized carbons (Fsp3) is 0.382. The van der Waals surface area contributed by atoms with E-state index in [2.05, 4.69) is 47.4 Å². The first-order valence-corrected chi connectivity index (χ1v) is 15.9. The number of nitrogens with zero attached hydrogens (tertiary/aromatic N) is 4. The molecular weight excluding hydrogens is 542 g/mol. The molecule has 216 valence electrons. The second-order valence-electron chi connectivity index (χ2n) is 12.0. The average molecular weight is 580 g/mol. The minimum atomic E-state index is -0.111. The zero-order valence-electron chi connectivity index (χ0n) is 24.6. The molecule has 3 aromatic heterocycles. The molecule has 2 aliphatic heterocycles. The molecule has 42 heavy (non-hydrogen) atoms. The summed E-state index contributed by atoms with van der Waals surface area (Å²) in [6, 6.07) is 12.2. The number of anilines is 3. The number of likely N-dealkylation sites (tertiary alicyclic amines) is 1. The van der Waals surface area contributed by atoms with E-state index >= 15 is 0 Å². The number of rotatable bonds is 6. The van der Waals surface area contributed by atoms with Crippen LogP contribution >= 0.6 is 11.3 Å². The van der Waals surface area contributed by atoms with Gasteiger partial charge >= 0.3 is 0 Å². The summed E-state index contributed by atoms with van der Waals surface area (Å²) in [7, 11) is 3.91. The van der Waals surface area contributed by atoms with Crippen LogP contribution in [0.3, 0.4) is 0 Å². The number of thiophene rings is 1. The van der Waals surface area contributed by atoms with Crippen molar-refractivity contribution in [3.63, 3.8) is 0 Å². The molecule has 0 radical (unpaired) electrons. The van der Waals surface area contributed by atoms with Gasteiger partial charge in [-0.15, -0.1) is 11.3 Å². The van der Waals surface area contributed by atoms with Crippen molar-refractivity contribution in [1.29, 1.82) is 0 Å². The minimum Gasteiger partial charge on any atom is -0.336 e. The fourth-order valence-corrected chi connectivity index (χ4v) is 8.32. The summed E-state index contributed by atoms with van der Waals surface area (Å²) >= 11 is 1.73. The fourth-order valence-electron chi connectivity index (χ4n) is 6.93. The van der Waals surface area contributed by atoms with Gasteiger partial charge in [0.15, 0.2) is 0 Å². The van der Waals surface area contributed by atoms with Crippen molar-refractivity contribution in [2.45, 2.75) is 51.4 Å². The Morgan fingerprint density at radius 1 is 1.02 bits per heavy atom. The molecule has 0 unspecified atom stereocenters. The average Bonchev–Trinajstić information content (AvgIpc) is 3.38. The lowest BCUT2D eigenvalue weighted by Gasteiger charge is -2.36. The second-order valence-corrected chi connectivity index (χ2v) is 13.1. The van der Waals surface area contributed by atoms with Crippen molar-refractivity contribution in [2.75, 3.05) is 36.9 Å². The molecule has 7 rings (SSSR count). The predicted octanol–water partition coefficient (Wildman–Crippen LogP) is 5.93. The Morgan fingerprint density at radius 2 is 1.86 bits per heavy atom. The number of amides is 1. The SMILES string of the molecule is CCc1c(-c2cc(Nc3ccc(C4CN(C)C4)cn3)c(=O)n(C)c2)cccc1N1CCc2c(sc3c2CCCC3)C1=O. The van der Waals surface area contributed by atoms with Crippen LogP contribution < -0.4 is 15.8 Å². The molecule has 5 heterocycles. The van der Waals surface area contributed by atoms with Gasteiger partial charge in [0.05, 0.1) is 4.88 Å². The Hall–Kier alpha value is -3.75. The maximum Gasteiger partial charge on any atom is 0.274 e. The van der Waals surface area contributed by atoms with Gasteiger partial charge in [-0.1, -0.05) is 25.1 Å². The number of aryl methyl sites for hydroxylation is 2. The summed E-state index contributed by atoms with van der Waals surface area (Å²) in [5.41, 5.74) is 8.43. The lowest BCUT2D eigenvalue weighted by molar-refractivity contribution is 0.0984. The third-order valence-corrected chi connectivity index (χ3v) is 10.5. The summed E-state index contributed by atoms with van der Waals surface area (Å²) in [6.45, 7) is 4.94. The molecule has 1 N–H and O–H groups in total. The molecular formula is C34H37N5O2S. The van der Waals surface area contributed by atoms with Gasteiger partial charge in [0.2, 0.25) is 0 Å². The number of likely N-dealkylation sites (N-methyl/N-ethyl adjacent to an activating group) is 1. The molecule has 4 aromatic rings. The molecule has 0 saturated carbocycles. The first kappa shape index (κ1) is 27.1. The van der Waals surface area contributed by atoms with Crippen LogP contribution in [0.15, 0.2) is 53.6 Å². The van der Waals surface area contributed by atoms with E-state index in [0.717, 1.165) is 66.0 Å². The van der Waals surface area contributed by atoms with Crippen molar-refractivity contribution < 1.29 is 4.79 Å². The quantitative estimate of drug-likeness (QED) is 0.307. The van der Waals surface area contributed by atoms with Gasteiger partial charge < -0.3 is 19.7 Å². The van der Waals surface area contributed by atoms with E-state index in [4.69, 9.17) is 0 Å². The van der Waals surface area contributed by atoms with Crippen molar-refractivity contribution in [2.24, 2.45) is 7.05 Å². The molecule has 1 aromatic carbocycles. The zero-order valence-corrected chi connectivity index (χ0v) is 25.4. The molecule has 8 heteroatoms.